The molecule has 0 bridgehead atoms. The van der Waals surface area contributed by atoms with Crippen LogP contribution in [0.2, 0.25) is 0 Å². The normalized spacial score (nSPS) is 24.0. The lowest BCUT2D eigenvalue weighted by Gasteiger charge is -2.21. The van der Waals surface area contributed by atoms with Crippen LogP contribution in [-0.4, -0.2) is 36.3 Å². The Morgan fingerprint density at radius 3 is 2.97 bits per heavy atom. The molecule has 2 aliphatic heterocycles. The summed E-state index contributed by atoms with van der Waals surface area (Å²) in [6.07, 6.45) is 4.50. The third-order valence-electron chi connectivity index (χ3n) is 6.37. The first kappa shape index (κ1) is 20.1. The van der Waals surface area contributed by atoms with Gasteiger partial charge in [0.2, 0.25) is 0 Å². The second-order valence-corrected chi connectivity index (χ2v) is 9.11. The molecule has 2 aromatic heterocycles. The van der Waals surface area contributed by atoms with Gasteiger partial charge in [0.15, 0.2) is 6.54 Å². The van der Waals surface area contributed by atoms with Crippen molar-refractivity contribution in [2.75, 3.05) is 25.0 Å². The Hall–Kier alpha value is -2.14. The molecule has 2 N–H and O–H groups in total. The third kappa shape index (κ3) is 4.11. The number of amides is 1. The first-order valence-corrected chi connectivity index (χ1v) is 11.4. The maximum Gasteiger partial charge on any atom is 0.280 e. The van der Waals surface area contributed by atoms with Gasteiger partial charge in [0.25, 0.3) is 5.91 Å². The van der Waals surface area contributed by atoms with Crippen molar-refractivity contribution in [3.05, 3.63) is 39.2 Å². The summed E-state index contributed by atoms with van der Waals surface area (Å²) in [5, 5.41) is 14.9. The van der Waals surface area contributed by atoms with Gasteiger partial charge >= 0.3 is 0 Å². The first-order chi connectivity index (χ1) is 14.1. The topological polar surface area (TPSA) is 71.5 Å². The van der Waals surface area contributed by atoms with Crippen LogP contribution in [0, 0.1) is 25.2 Å². The Kier molecular flexibility index (Phi) is 6.04. The van der Waals surface area contributed by atoms with E-state index in [4.69, 9.17) is 4.74 Å². The molecule has 0 aromatic carbocycles. The van der Waals surface area contributed by atoms with Gasteiger partial charge in [0.1, 0.15) is 17.9 Å². The van der Waals surface area contributed by atoms with E-state index in [-0.39, 0.29) is 12.0 Å². The van der Waals surface area contributed by atoms with E-state index in [1.165, 1.54) is 9.78 Å². The fourth-order valence-corrected chi connectivity index (χ4v) is 5.61. The van der Waals surface area contributed by atoms with Crippen LogP contribution in [0.4, 0.5) is 5.82 Å². The summed E-state index contributed by atoms with van der Waals surface area (Å²) in [6, 6.07) is 6.95. The van der Waals surface area contributed by atoms with Crippen molar-refractivity contribution in [1.29, 1.82) is 5.26 Å². The van der Waals surface area contributed by atoms with Gasteiger partial charge in [-0.1, -0.05) is 6.07 Å². The Morgan fingerprint density at radius 1 is 1.41 bits per heavy atom. The zero-order valence-electron chi connectivity index (χ0n) is 17.2. The molecule has 4 rings (SSSR count). The Balaban J connectivity index is 1.51. The number of anilines is 1. The summed E-state index contributed by atoms with van der Waals surface area (Å²) in [7, 11) is 0. The minimum Gasteiger partial charge on any atom is -0.376 e. The van der Waals surface area contributed by atoms with Crippen LogP contribution in [-0.2, 0) is 16.1 Å². The van der Waals surface area contributed by atoms with E-state index in [9.17, 15) is 10.1 Å². The number of nitrogens with one attached hydrogen (secondary N) is 2. The number of aromatic nitrogens is 1. The van der Waals surface area contributed by atoms with Crippen LogP contribution >= 0.6 is 11.3 Å². The largest absolute Gasteiger partial charge is 0.376 e. The number of carbonyl (C=O) groups excluding carboxylic acids is 1. The molecule has 7 heteroatoms. The number of hydrogen-bond acceptors (Lipinski definition) is 4. The van der Waals surface area contributed by atoms with Crippen LogP contribution in [0.5, 0.6) is 0 Å². The average molecular weight is 414 g/mol. The predicted octanol–water partition coefficient (Wildman–Crippen LogP) is 2.58. The Morgan fingerprint density at radius 2 is 2.28 bits per heavy atom. The van der Waals surface area contributed by atoms with Crippen molar-refractivity contribution in [3.63, 3.8) is 0 Å². The Labute approximate surface area is 176 Å². The second kappa shape index (κ2) is 8.70. The summed E-state index contributed by atoms with van der Waals surface area (Å²) in [6.45, 7) is 6.87. The highest BCUT2D eigenvalue weighted by Gasteiger charge is 2.33. The third-order valence-corrected chi connectivity index (χ3v) is 7.35. The predicted molar refractivity (Wildman–Crippen MR) is 113 cm³/mol. The highest BCUT2D eigenvalue weighted by molar-refractivity contribution is 7.10. The molecule has 29 heavy (non-hydrogen) atoms. The van der Waals surface area contributed by atoms with E-state index in [2.05, 4.69) is 33.5 Å². The molecule has 0 radical (unpaired) electrons. The molecule has 6 nitrogen and oxygen atoms in total. The second-order valence-electron chi connectivity index (χ2n) is 8.13. The summed E-state index contributed by atoms with van der Waals surface area (Å²) in [5.41, 5.74) is 2.53. The first-order valence-electron chi connectivity index (χ1n) is 10.5. The van der Waals surface area contributed by atoms with Crippen LogP contribution in [0.25, 0.3) is 0 Å². The standard InChI is InChI=1S/C22H28N4O2S/c1-15-16(2)26(13-17-6-4-10-28-17)22(18(15)12-23)24-21(27)14-25-9-3-7-19(25)20-8-5-11-29-20/h5,8,11,17,19H,3-4,6-7,9-10,13-14H2,1-2H3,(H,24,27)/p+1/t17-,19-/m0/s1. The number of quaternary nitrogens is 1. The minimum atomic E-state index is -0.0222. The van der Waals surface area contributed by atoms with Crippen molar-refractivity contribution in [2.45, 2.75) is 58.2 Å². The molecule has 2 saturated heterocycles. The van der Waals surface area contributed by atoms with Gasteiger partial charge in [-0.05, 0) is 43.7 Å². The summed E-state index contributed by atoms with van der Waals surface area (Å²) < 4.78 is 7.87. The zero-order chi connectivity index (χ0) is 20.4. The molecule has 1 amide bonds. The van der Waals surface area contributed by atoms with Crippen molar-refractivity contribution in [1.82, 2.24) is 4.57 Å². The maximum atomic E-state index is 13.0. The SMILES string of the molecule is Cc1c(C#N)c(NC(=O)C[NH+]2CCC[C@H]2c2cccs2)n(C[C@@H]2CCCO2)c1C. The fraction of sp³-hybridized carbons (Fsp3) is 0.545. The van der Waals surface area contributed by atoms with Gasteiger partial charge in [-0.3, -0.25) is 4.79 Å². The number of rotatable bonds is 6. The zero-order valence-corrected chi connectivity index (χ0v) is 18.0. The Bertz CT molecular complexity index is 906. The highest BCUT2D eigenvalue weighted by atomic mass is 32.1. The van der Waals surface area contributed by atoms with E-state index >= 15 is 0 Å². The van der Waals surface area contributed by atoms with Crippen molar-refractivity contribution < 1.29 is 14.4 Å². The number of thiophene rings is 1. The summed E-state index contributed by atoms with van der Waals surface area (Å²) >= 11 is 1.77. The molecule has 154 valence electrons. The van der Waals surface area contributed by atoms with Crippen LogP contribution in [0.1, 0.15) is 53.4 Å². The molecule has 1 unspecified atom stereocenters. The number of nitrogens with zero attached hydrogens (tertiary/aromatic N) is 2. The summed E-state index contributed by atoms with van der Waals surface area (Å²) in [5.74, 6) is 0.611. The quantitative estimate of drug-likeness (QED) is 0.765. The van der Waals surface area contributed by atoms with E-state index in [0.717, 1.165) is 50.1 Å². The van der Waals surface area contributed by atoms with Gasteiger partial charge in [0, 0.05) is 25.1 Å². The lowest BCUT2D eigenvalue weighted by molar-refractivity contribution is -0.910. The van der Waals surface area contributed by atoms with Crippen molar-refractivity contribution >= 4 is 23.1 Å². The van der Waals surface area contributed by atoms with Crippen molar-refractivity contribution in [3.8, 4) is 6.07 Å². The molecule has 2 aromatic rings. The maximum absolute atomic E-state index is 13.0. The summed E-state index contributed by atoms with van der Waals surface area (Å²) in [4.78, 5) is 15.7. The molecular formula is C22H29N4O2S+. The van der Waals surface area contributed by atoms with Crippen LogP contribution < -0.4 is 10.2 Å². The average Bonchev–Trinajstić information content (AvgIpc) is 3.48. The van der Waals surface area contributed by atoms with Crippen molar-refractivity contribution in [2.24, 2.45) is 0 Å². The van der Waals surface area contributed by atoms with Gasteiger partial charge < -0.3 is 19.5 Å². The molecule has 2 fully saturated rings. The molecular weight excluding hydrogens is 384 g/mol. The van der Waals surface area contributed by atoms with E-state index in [1.54, 1.807) is 11.3 Å². The number of hydrogen-bond donors (Lipinski definition) is 2. The lowest BCUT2D eigenvalue weighted by Crippen LogP contribution is -3.11. The van der Waals surface area contributed by atoms with Gasteiger partial charge in [0.05, 0.1) is 29.6 Å². The van der Waals surface area contributed by atoms with E-state index in [0.29, 0.717) is 30.5 Å². The van der Waals surface area contributed by atoms with Gasteiger partial charge in [-0.15, -0.1) is 11.3 Å². The number of carbonyl (C=O) groups is 1. The molecule has 0 aliphatic carbocycles. The fourth-order valence-electron chi connectivity index (χ4n) is 4.69. The van der Waals surface area contributed by atoms with Gasteiger partial charge in [-0.25, -0.2) is 0 Å². The van der Waals surface area contributed by atoms with E-state index in [1.807, 2.05) is 13.8 Å². The number of nitriles is 1. The van der Waals surface area contributed by atoms with Crippen LogP contribution in [0.15, 0.2) is 17.5 Å². The molecule has 4 heterocycles. The van der Waals surface area contributed by atoms with E-state index < -0.39 is 0 Å². The number of likely N-dealkylation sites (tertiary alicyclic amines) is 1. The molecule has 3 atom stereocenters. The lowest BCUT2D eigenvalue weighted by atomic mass is 10.2. The van der Waals surface area contributed by atoms with Gasteiger partial charge in [-0.2, -0.15) is 5.26 Å². The minimum absolute atomic E-state index is 0.0222. The highest BCUT2D eigenvalue weighted by Crippen LogP contribution is 2.28. The number of ether oxygens (including phenoxy) is 1. The molecule has 0 saturated carbocycles. The van der Waals surface area contributed by atoms with Crippen LogP contribution in [0.3, 0.4) is 0 Å². The monoisotopic (exact) mass is 413 g/mol. The smallest absolute Gasteiger partial charge is 0.280 e. The molecule has 0 spiro atoms. The molecule has 2 aliphatic rings.